The fourth-order valence-corrected chi connectivity index (χ4v) is 3.38. The van der Waals surface area contributed by atoms with Crippen LogP contribution in [0.5, 0.6) is 0 Å². The monoisotopic (exact) mass is 253 g/mol. The quantitative estimate of drug-likeness (QED) is 0.845. The van der Waals surface area contributed by atoms with E-state index in [2.05, 4.69) is 24.2 Å². The first-order chi connectivity index (χ1) is 8.24. The molecular formula is C13H23N3S. The average molecular weight is 253 g/mol. The minimum Gasteiger partial charge on any atom is -0.351 e. The van der Waals surface area contributed by atoms with Crippen molar-refractivity contribution in [2.75, 3.05) is 25.5 Å². The van der Waals surface area contributed by atoms with Gasteiger partial charge in [0, 0.05) is 25.0 Å². The molecule has 0 aliphatic heterocycles. The molecule has 0 aromatic carbocycles. The molecule has 1 fully saturated rings. The third-order valence-corrected chi connectivity index (χ3v) is 4.73. The van der Waals surface area contributed by atoms with Gasteiger partial charge in [0.15, 0.2) is 5.13 Å². The van der Waals surface area contributed by atoms with Crippen molar-refractivity contribution in [3.8, 4) is 0 Å². The zero-order chi connectivity index (χ0) is 12.3. The first-order valence-corrected chi connectivity index (χ1v) is 7.40. The Hall–Kier alpha value is -0.610. The van der Waals surface area contributed by atoms with E-state index in [1.807, 2.05) is 18.4 Å². The van der Waals surface area contributed by atoms with E-state index in [1.165, 1.54) is 41.5 Å². The molecule has 17 heavy (non-hydrogen) atoms. The molecular weight excluding hydrogens is 230 g/mol. The molecule has 0 saturated heterocycles. The van der Waals surface area contributed by atoms with Gasteiger partial charge in [-0.3, -0.25) is 0 Å². The van der Waals surface area contributed by atoms with E-state index in [1.54, 1.807) is 0 Å². The molecule has 0 bridgehead atoms. The minimum absolute atomic E-state index is 0.904. The van der Waals surface area contributed by atoms with Gasteiger partial charge in [-0.2, -0.15) is 0 Å². The third-order valence-electron chi connectivity index (χ3n) is 3.52. The molecule has 1 N–H and O–H groups in total. The summed E-state index contributed by atoms with van der Waals surface area (Å²) in [4.78, 5) is 8.50. The standard InChI is InChI=1S/C13H23N3S/c1-4-11-12(8-14-2)17-13(15-11)16(3)9-10-6-5-7-10/h10,14H,4-9H2,1-3H3. The van der Waals surface area contributed by atoms with Gasteiger partial charge in [-0.25, -0.2) is 4.98 Å². The van der Waals surface area contributed by atoms with E-state index in [9.17, 15) is 0 Å². The van der Waals surface area contributed by atoms with Gasteiger partial charge in [-0.15, -0.1) is 11.3 Å². The lowest BCUT2D eigenvalue weighted by Gasteiger charge is -2.29. The van der Waals surface area contributed by atoms with Crippen LogP contribution in [0.25, 0.3) is 0 Å². The molecule has 2 rings (SSSR count). The Kier molecular flexibility index (Phi) is 4.40. The maximum absolute atomic E-state index is 4.76. The van der Waals surface area contributed by atoms with Gasteiger partial charge < -0.3 is 10.2 Å². The Morgan fingerprint density at radius 2 is 2.24 bits per heavy atom. The first-order valence-electron chi connectivity index (χ1n) is 6.59. The molecule has 1 aliphatic rings. The molecule has 1 aromatic rings. The lowest BCUT2D eigenvalue weighted by atomic mass is 9.85. The number of anilines is 1. The predicted molar refractivity (Wildman–Crippen MR) is 74.9 cm³/mol. The summed E-state index contributed by atoms with van der Waals surface area (Å²) in [7, 11) is 4.18. The summed E-state index contributed by atoms with van der Waals surface area (Å²) >= 11 is 1.85. The molecule has 1 saturated carbocycles. The second kappa shape index (κ2) is 5.83. The second-order valence-electron chi connectivity index (χ2n) is 4.93. The Balaban J connectivity index is 2.03. The highest BCUT2D eigenvalue weighted by molar-refractivity contribution is 7.15. The van der Waals surface area contributed by atoms with E-state index in [-0.39, 0.29) is 0 Å². The van der Waals surface area contributed by atoms with Crippen LogP contribution < -0.4 is 10.2 Å². The zero-order valence-electron chi connectivity index (χ0n) is 11.1. The topological polar surface area (TPSA) is 28.2 Å². The van der Waals surface area contributed by atoms with Crippen LogP contribution in [0, 0.1) is 5.92 Å². The van der Waals surface area contributed by atoms with Crippen molar-refractivity contribution >= 4 is 16.5 Å². The second-order valence-corrected chi connectivity index (χ2v) is 5.99. The van der Waals surface area contributed by atoms with Crippen LogP contribution in [0.15, 0.2) is 0 Å². The van der Waals surface area contributed by atoms with Crippen LogP contribution in [0.2, 0.25) is 0 Å². The lowest BCUT2D eigenvalue weighted by Crippen LogP contribution is -2.29. The number of nitrogens with zero attached hydrogens (tertiary/aromatic N) is 2. The predicted octanol–water partition coefficient (Wildman–Crippen LogP) is 2.66. The van der Waals surface area contributed by atoms with Gasteiger partial charge in [0.25, 0.3) is 0 Å². The van der Waals surface area contributed by atoms with E-state index in [4.69, 9.17) is 4.98 Å². The van der Waals surface area contributed by atoms with Crippen LogP contribution >= 0.6 is 11.3 Å². The summed E-state index contributed by atoms with van der Waals surface area (Å²) in [5, 5.41) is 4.42. The number of rotatable bonds is 6. The molecule has 0 unspecified atom stereocenters. The van der Waals surface area contributed by atoms with Gasteiger partial charge >= 0.3 is 0 Å². The zero-order valence-corrected chi connectivity index (χ0v) is 11.9. The average Bonchev–Trinajstić information content (AvgIpc) is 2.67. The first kappa shape index (κ1) is 12.8. The number of aryl methyl sites for hydroxylation is 1. The normalized spacial score (nSPS) is 15.9. The summed E-state index contributed by atoms with van der Waals surface area (Å²) in [5.41, 5.74) is 1.26. The van der Waals surface area contributed by atoms with Gasteiger partial charge in [-0.05, 0) is 32.2 Å². The van der Waals surface area contributed by atoms with Crippen LogP contribution in [-0.2, 0) is 13.0 Å². The van der Waals surface area contributed by atoms with E-state index < -0.39 is 0 Å². The molecule has 1 heterocycles. The number of hydrogen-bond acceptors (Lipinski definition) is 4. The van der Waals surface area contributed by atoms with Crippen molar-refractivity contribution in [3.63, 3.8) is 0 Å². The van der Waals surface area contributed by atoms with Gasteiger partial charge in [0.05, 0.1) is 5.69 Å². The van der Waals surface area contributed by atoms with Crippen molar-refractivity contribution in [1.29, 1.82) is 0 Å². The fraction of sp³-hybridized carbons (Fsp3) is 0.769. The number of aromatic nitrogens is 1. The van der Waals surface area contributed by atoms with Gasteiger partial charge in [0.1, 0.15) is 0 Å². The third kappa shape index (κ3) is 2.99. The largest absolute Gasteiger partial charge is 0.351 e. The van der Waals surface area contributed by atoms with Crippen LogP contribution in [-0.4, -0.2) is 25.6 Å². The Labute approximate surface area is 108 Å². The van der Waals surface area contributed by atoms with E-state index in [0.29, 0.717) is 0 Å². The molecule has 0 amide bonds. The summed E-state index contributed by atoms with van der Waals surface area (Å²) in [6.07, 6.45) is 5.26. The maximum Gasteiger partial charge on any atom is 0.185 e. The molecule has 0 atom stereocenters. The molecule has 4 heteroatoms. The molecule has 1 aromatic heterocycles. The molecule has 96 valence electrons. The van der Waals surface area contributed by atoms with Gasteiger partial charge in [0.2, 0.25) is 0 Å². The lowest BCUT2D eigenvalue weighted by molar-refractivity contribution is 0.321. The van der Waals surface area contributed by atoms with Crippen molar-refractivity contribution < 1.29 is 0 Å². The molecule has 0 spiro atoms. The highest BCUT2D eigenvalue weighted by Crippen LogP contribution is 2.31. The van der Waals surface area contributed by atoms with E-state index >= 15 is 0 Å². The van der Waals surface area contributed by atoms with Crippen LogP contribution in [0.1, 0.15) is 36.8 Å². The highest BCUT2D eigenvalue weighted by Gasteiger charge is 2.21. The Morgan fingerprint density at radius 3 is 2.76 bits per heavy atom. The number of hydrogen-bond donors (Lipinski definition) is 1. The van der Waals surface area contributed by atoms with E-state index in [0.717, 1.165) is 18.9 Å². The van der Waals surface area contributed by atoms with Crippen molar-refractivity contribution in [1.82, 2.24) is 10.3 Å². The van der Waals surface area contributed by atoms with Crippen molar-refractivity contribution in [2.45, 2.75) is 39.2 Å². The molecule has 3 nitrogen and oxygen atoms in total. The summed E-state index contributed by atoms with van der Waals surface area (Å²) in [6.45, 7) is 4.30. The van der Waals surface area contributed by atoms with Crippen LogP contribution in [0.4, 0.5) is 5.13 Å². The van der Waals surface area contributed by atoms with Crippen molar-refractivity contribution in [2.24, 2.45) is 5.92 Å². The maximum atomic E-state index is 4.76. The van der Waals surface area contributed by atoms with Gasteiger partial charge in [-0.1, -0.05) is 13.3 Å². The SMILES string of the molecule is CCc1nc(N(C)CC2CCC2)sc1CNC. The molecule has 0 radical (unpaired) electrons. The Morgan fingerprint density at radius 1 is 1.47 bits per heavy atom. The molecule has 1 aliphatic carbocycles. The summed E-state index contributed by atoms with van der Waals surface area (Å²) in [6, 6.07) is 0. The van der Waals surface area contributed by atoms with Crippen molar-refractivity contribution in [3.05, 3.63) is 10.6 Å². The van der Waals surface area contributed by atoms with Crippen LogP contribution in [0.3, 0.4) is 0 Å². The number of nitrogens with one attached hydrogen (secondary N) is 1. The summed E-state index contributed by atoms with van der Waals surface area (Å²) < 4.78 is 0. The summed E-state index contributed by atoms with van der Waals surface area (Å²) in [5.74, 6) is 0.904. The number of thiazole rings is 1. The smallest absolute Gasteiger partial charge is 0.185 e. The Bertz CT molecular complexity index is 358. The highest BCUT2D eigenvalue weighted by atomic mass is 32.1. The minimum atomic E-state index is 0.904. The fourth-order valence-electron chi connectivity index (χ4n) is 2.25.